The van der Waals surface area contributed by atoms with Crippen LogP contribution in [0.2, 0.25) is 0 Å². The maximum atomic E-state index is 13.1. The lowest BCUT2D eigenvalue weighted by Gasteiger charge is -2.31. The lowest BCUT2D eigenvalue weighted by atomic mass is 9.97. The zero-order valence-corrected chi connectivity index (χ0v) is 18.3. The first-order chi connectivity index (χ1) is 14.2. The Morgan fingerprint density at radius 1 is 1.20 bits per heavy atom. The lowest BCUT2D eigenvalue weighted by Crippen LogP contribution is -2.56. The highest BCUT2D eigenvalue weighted by atomic mass is 32.2. The van der Waals surface area contributed by atoms with Crippen molar-refractivity contribution in [3.05, 3.63) is 58.3 Å². The van der Waals surface area contributed by atoms with E-state index in [1.807, 2.05) is 30.3 Å². The summed E-state index contributed by atoms with van der Waals surface area (Å²) in [5, 5.41) is 25.1. The van der Waals surface area contributed by atoms with E-state index in [2.05, 4.69) is 5.32 Å². The van der Waals surface area contributed by atoms with Crippen LogP contribution in [-0.2, 0) is 16.0 Å². The highest BCUT2D eigenvalue weighted by molar-refractivity contribution is 8.00. The molecule has 2 amide bonds. The molecule has 3 atom stereocenters. The highest BCUT2D eigenvalue weighted by Gasteiger charge is 2.50. The van der Waals surface area contributed by atoms with E-state index >= 15 is 0 Å². The highest BCUT2D eigenvalue weighted by Crippen LogP contribution is 2.39. The molecule has 3 rings (SSSR count). The molecule has 30 heavy (non-hydrogen) atoms. The molecule has 0 bridgehead atoms. The maximum Gasteiger partial charge on any atom is 0.327 e. The summed E-state index contributed by atoms with van der Waals surface area (Å²) in [5.41, 5.74) is 0.840. The fraction of sp³-hybridized carbons (Fsp3) is 0.381. The zero-order chi connectivity index (χ0) is 21.9. The van der Waals surface area contributed by atoms with Gasteiger partial charge in [0.2, 0.25) is 0 Å². The van der Waals surface area contributed by atoms with E-state index < -0.39 is 34.8 Å². The van der Waals surface area contributed by atoms with Gasteiger partial charge in [-0.25, -0.2) is 4.79 Å². The number of thioether (sulfide) groups is 1. The molecule has 0 aliphatic carbocycles. The molecule has 2 aromatic rings. The van der Waals surface area contributed by atoms with Crippen molar-refractivity contribution in [2.45, 2.75) is 43.2 Å². The standard InChI is InChI=1S/C21H24N2O5S2/c1-21(2)17(20(27)28)23(12-30-21)19(26)16(24)14(11-13-7-4-3-5-8-13)22-18(25)15-9-6-10-29-15/h3-10,14,16-17,24H,11-12H2,1-2H3,(H,22,25)(H,27,28)/t14-,16-,17+/m0/s1. The molecule has 1 aliphatic rings. The Morgan fingerprint density at radius 3 is 2.50 bits per heavy atom. The largest absolute Gasteiger partial charge is 0.480 e. The number of amides is 2. The van der Waals surface area contributed by atoms with E-state index in [1.54, 1.807) is 31.4 Å². The third-order valence-electron chi connectivity index (χ3n) is 5.06. The number of hydrogen-bond acceptors (Lipinski definition) is 6. The zero-order valence-electron chi connectivity index (χ0n) is 16.6. The predicted molar refractivity (Wildman–Crippen MR) is 117 cm³/mol. The summed E-state index contributed by atoms with van der Waals surface area (Å²) >= 11 is 2.60. The number of carbonyl (C=O) groups is 3. The number of thiophene rings is 1. The van der Waals surface area contributed by atoms with Crippen molar-refractivity contribution in [1.82, 2.24) is 10.2 Å². The first-order valence-corrected chi connectivity index (χ1v) is 11.3. The smallest absolute Gasteiger partial charge is 0.327 e. The van der Waals surface area contributed by atoms with Gasteiger partial charge in [-0.3, -0.25) is 9.59 Å². The van der Waals surface area contributed by atoms with Crippen LogP contribution in [0.3, 0.4) is 0 Å². The number of aliphatic hydroxyl groups excluding tert-OH is 1. The molecular weight excluding hydrogens is 424 g/mol. The van der Waals surface area contributed by atoms with Crippen molar-refractivity contribution in [2.24, 2.45) is 0 Å². The molecule has 1 saturated heterocycles. The third-order valence-corrected chi connectivity index (χ3v) is 7.30. The van der Waals surface area contributed by atoms with Crippen molar-refractivity contribution in [3.63, 3.8) is 0 Å². The molecule has 0 unspecified atom stereocenters. The van der Waals surface area contributed by atoms with Gasteiger partial charge in [-0.1, -0.05) is 36.4 Å². The first kappa shape index (κ1) is 22.3. The Morgan fingerprint density at radius 2 is 1.90 bits per heavy atom. The number of benzene rings is 1. The maximum absolute atomic E-state index is 13.1. The third kappa shape index (κ3) is 4.85. The Labute approximate surface area is 183 Å². The number of carboxylic acid groups (broad SMARTS) is 1. The second kappa shape index (κ2) is 9.20. The molecule has 0 radical (unpaired) electrons. The summed E-state index contributed by atoms with van der Waals surface area (Å²) in [6, 6.07) is 10.6. The number of hydrogen-bond donors (Lipinski definition) is 3. The minimum Gasteiger partial charge on any atom is -0.480 e. The number of aliphatic carboxylic acids is 1. The topological polar surface area (TPSA) is 107 Å². The van der Waals surface area contributed by atoms with E-state index in [4.69, 9.17) is 0 Å². The summed E-state index contributed by atoms with van der Waals surface area (Å²) in [6.45, 7) is 3.52. The number of carbonyl (C=O) groups excluding carboxylic acids is 2. The SMILES string of the molecule is CC1(C)SCN(C(=O)[C@@H](O)[C@H](Cc2ccccc2)NC(=O)c2cccs2)[C@@H]1C(=O)O. The molecule has 160 valence electrons. The summed E-state index contributed by atoms with van der Waals surface area (Å²) < 4.78 is -0.684. The molecule has 9 heteroatoms. The average molecular weight is 449 g/mol. The Kier molecular flexibility index (Phi) is 6.84. The summed E-state index contributed by atoms with van der Waals surface area (Å²) in [5.74, 6) is -2.04. The fourth-order valence-electron chi connectivity index (χ4n) is 3.49. The summed E-state index contributed by atoms with van der Waals surface area (Å²) in [6.07, 6.45) is -1.35. The molecule has 3 N–H and O–H groups in total. The quantitative estimate of drug-likeness (QED) is 0.600. The minimum absolute atomic E-state index is 0.163. The normalized spacial score (nSPS) is 19.8. The van der Waals surface area contributed by atoms with Crippen molar-refractivity contribution < 1.29 is 24.6 Å². The van der Waals surface area contributed by atoms with Crippen LogP contribution in [0, 0.1) is 0 Å². The number of nitrogens with zero attached hydrogens (tertiary/aromatic N) is 1. The van der Waals surface area contributed by atoms with Crippen LogP contribution in [0.15, 0.2) is 47.8 Å². The monoisotopic (exact) mass is 448 g/mol. The Bertz CT molecular complexity index is 901. The first-order valence-electron chi connectivity index (χ1n) is 9.44. The van der Waals surface area contributed by atoms with Crippen molar-refractivity contribution in [3.8, 4) is 0 Å². The number of rotatable bonds is 7. The molecule has 0 saturated carbocycles. The van der Waals surface area contributed by atoms with Gasteiger partial charge in [0.25, 0.3) is 11.8 Å². The minimum atomic E-state index is -1.58. The fourth-order valence-corrected chi connectivity index (χ4v) is 5.25. The van der Waals surface area contributed by atoms with E-state index in [9.17, 15) is 24.6 Å². The predicted octanol–water partition coefficient (Wildman–Crippen LogP) is 2.21. The van der Waals surface area contributed by atoms with Gasteiger partial charge >= 0.3 is 5.97 Å². The number of nitrogens with one attached hydrogen (secondary N) is 1. The molecular formula is C21H24N2O5S2. The Balaban J connectivity index is 1.83. The van der Waals surface area contributed by atoms with Gasteiger partial charge in [-0.2, -0.15) is 0 Å². The second-order valence-electron chi connectivity index (χ2n) is 7.62. The second-order valence-corrected chi connectivity index (χ2v) is 10.2. The van der Waals surface area contributed by atoms with Gasteiger partial charge < -0.3 is 20.4 Å². The van der Waals surface area contributed by atoms with Crippen LogP contribution in [0.1, 0.15) is 29.1 Å². The average Bonchev–Trinajstić information content (AvgIpc) is 3.34. The van der Waals surface area contributed by atoms with Crippen LogP contribution in [-0.4, -0.2) is 61.7 Å². The summed E-state index contributed by atoms with van der Waals surface area (Å²) in [7, 11) is 0. The van der Waals surface area contributed by atoms with E-state index in [1.165, 1.54) is 28.0 Å². The molecule has 1 aromatic heterocycles. The van der Waals surface area contributed by atoms with Crippen LogP contribution >= 0.6 is 23.1 Å². The van der Waals surface area contributed by atoms with E-state index in [0.29, 0.717) is 4.88 Å². The van der Waals surface area contributed by atoms with Crippen LogP contribution < -0.4 is 5.32 Å². The van der Waals surface area contributed by atoms with Gasteiger partial charge in [0.15, 0.2) is 6.10 Å². The molecule has 1 fully saturated rings. The van der Waals surface area contributed by atoms with Gasteiger partial charge in [0, 0.05) is 4.75 Å². The van der Waals surface area contributed by atoms with Gasteiger partial charge in [-0.05, 0) is 37.3 Å². The number of aliphatic hydroxyl groups is 1. The molecule has 1 aromatic carbocycles. The van der Waals surface area contributed by atoms with Gasteiger partial charge in [0.05, 0.1) is 16.8 Å². The van der Waals surface area contributed by atoms with Crippen LogP contribution in [0.4, 0.5) is 0 Å². The lowest BCUT2D eigenvalue weighted by molar-refractivity contribution is -0.154. The van der Waals surface area contributed by atoms with Gasteiger partial charge in [0.1, 0.15) is 6.04 Å². The van der Waals surface area contributed by atoms with Crippen molar-refractivity contribution in [2.75, 3.05) is 5.88 Å². The molecule has 0 spiro atoms. The van der Waals surface area contributed by atoms with E-state index in [-0.39, 0.29) is 18.2 Å². The van der Waals surface area contributed by atoms with Crippen molar-refractivity contribution in [1.29, 1.82) is 0 Å². The molecule has 1 aliphatic heterocycles. The van der Waals surface area contributed by atoms with Crippen molar-refractivity contribution >= 4 is 40.9 Å². The van der Waals surface area contributed by atoms with Crippen LogP contribution in [0.25, 0.3) is 0 Å². The van der Waals surface area contributed by atoms with E-state index in [0.717, 1.165) is 5.56 Å². The Hall–Kier alpha value is -2.36. The molecule has 2 heterocycles. The summed E-state index contributed by atoms with van der Waals surface area (Å²) in [4.78, 5) is 39.1. The van der Waals surface area contributed by atoms with Crippen LogP contribution in [0.5, 0.6) is 0 Å². The van der Waals surface area contributed by atoms with Gasteiger partial charge in [-0.15, -0.1) is 23.1 Å². The molecule has 7 nitrogen and oxygen atoms in total. The number of carboxylic acids is 1.